The van der Waals surface area contributed by atoms with Crippen molar-refractivity contribution in [2.24, 2.45) is 5.92 Å². The van der Waals surface area contributed by atoms with Crippen LogP contribution in [0.4, 0.5) is 0 Å². The first-order valence-corrected chi connectivity index (χ1v) is 4.97. The van der Waals surface area contributed by atoms with E-state index in [9.17, 15) is 4.79 Å². The minimum atomic E-state index is 0.443. The molecule has 1 fully saturated rings. The molecule has 1 aliphatic carbocycles. The molecule has 5 heteroatoms. The number of carbonyl (C=O) groups is 1. The molecule has 1 aromatic rings. The number of carbonyl (C=O) groups excluding carboxylic acids is 1. The summed E-state index contributed by atoms with van der Waals surface area (Å²) in [5, 5.41) is 10.9. The smallest absolute Gasteiger partial charge is 0.209 e. The number of nitrogens with one attached hydrogen (secondary N) is 1. The average molecular weight is 192 g/mol. The molecule has 0 saturated carbocycles. The minimum Gasteiger partial charge on any atom is -0.344 e. The van der Waals surface area contributed by atoms with Gasteiger partial charge in [0.1, 0.15) is 0 Å². The number of aromatic amines is 1. The van der Waals surface area contributed by atoms with Gasteiger partial charge in [0.2, 0.25) is 6.41 Å². The number of nitrogens with zero attached hydrogens (tertiary/aromatic N) is 3. The molecular weight excluding hydrogens is 180 g/mol. The summed E-state index contributed by atoms with van der Waals surface area (Å²) < 4.78 is 0. The highest BCUT2D eigenvalue weighted by Crippen LogP contribution is 2.38. The van der Waals surface area contributed by atoms with Crippen molar-refractivity contribution in [3.8, 4) is 0 Å². The van der Waals surface area contributed by atoms with Gasteiger partial charge in [0.25, 0.3) is 0 Å². The Morgan fingerprint density at radius 3 is 3.29 bits per heavy atom. The van der Waals surface area contributed by atoms with Crippen LogP contribution in [-0.2, 0) is 11.2 Å². The van der Waals surface area contributed by atoms with Gasteiger partial charge in [-0.15, -0.1) is 5.10 Å². The van der Waals surface area contributed by atoms with Crippen LogP contribution in [0.1, 0.15) is 23.7 Å². The van der Waals surface area contributed by atoms with Crippen molar-refractivity contribution in [1.29, 1.82) is 0 Å². The Bertz CT molecular complexity index is 361. The zero-order valence-electron chi connectivity index (χ0n) is 7.81. The second-order valence-electron chi connectivity index (χ2n) is 4.14. The van der Waals surface area contributed by atoms with Gasteiger partial charge in [-0.1, -0.05) is 5.21 Å². The summed E-state index contributed by atoms with van der Waals surface area (Å²) in [6, 6.07) is 0. The van der Waals surface area contributed by atoms with Gasteiger partial charge in [-0.25, -0.2) is 0 Å². The highest BCUT2D eigenvalue weighted by atomic mass is 16.1. The first kappa shape index (κ1) is 7.96. The molecule has 2 heterocycles. The van der Waals surface area contributed by atoms with Crippen molar-refractivity contribution in [1.82, 2.24) is 20.3 Å². The van der Waals surface area contributed by atoms with Crippen LogP contribution in [-0.4, -0.2) is 39.8 Å². The van der Waals surface area contributed by atoms with Gasteiger partial charge in [-0.05, 0) is 18.8 Å². The molecule has 5 nitrogen and oxygen atoms in total. The maximum absolute atomic E-state index is 10.7. The Morgan fingerprint density at radius 2 is 2.43 bits per heavy atom. The van der Waals surface area contributed by atoms with Crippen LogP contribution in [0.15, 0.2) is 0 Å². The molecule has 14 heavy (non-hydrogen) atoms. The molecule has 1 amide bonds. The molecule has 74 valence electrons. The van der Waals surface area contributed by atoms with Crippen molar-refractivity contribution >= 4 is 6.41 Å². The van der Waals surface area contributed by atoms with E-state index in [1.807, 2.05) is 4.90 Å². The molecule has 0 radical (unpaired) electrons. The summed E-state index contributed by atoms with van der Waals surface area (Å²) in [6.07, 6.45) is 3.08. The standard InChI is InChI=1S/C9H12N4O/c14-5-13-3-6-1-2-8-9(7(6)4-13)11-12-10-8/h5-7H,1-4H2,(H,10,11,12)/t6-,7+/m1/s1. The lowest BCUT2D eigenvalue weighted by Gasteiger charge is -2.21. The number of fused-ring (bicyclic) bond motifs is 3. The number of hydrogen-bond donors (Lipinski definition) is 1. The fourth-order valence-corrected chi connectivity index (χ4v) is 2.67. The molecule has 1 saturated heterocycles. The number of H-pyrrole nitrogens is 1. The van der Waals surface area contributed by atoms with Crippen LogP contribution in [0.5, 0.6) is 0 Å². The van der Waals surface area contributed by atoms with E-state index in [1.165, 1.54) is 0 Å². The van der Waals surface area contributed by atoms with E-state index in [2.05, 4.69) is 15.4 Å². The molecule has 0 bridgehead atoms. The van der Waals surface area contributed by atoms with E-state index in [0.717, 1.165) is 43.7 Å². The van der Waals surface area contributed by atoms with E-state index in [0.29, 0.717) is 11.8 Å². The van der Waals surface area contributed by atoms with E-state index < -0.39 is 0 Å². The van der Waals surface area contributed by atoms with Crippen LogP contribution in [0.25, 0.3) is 0 Å². The zero-order chi connectivity index (χ0) is 9.54. The Labute approximate surface area is 81.5 Å². The Morgan fingerprint density at radius 1 is 1.50 bits per heavy atom. The molecular formula is C9H12N4O. The van der Waals surface area contributed by atoms with Gasteiger partial charge >= 0.3 is 0 Å². The first-order chi connectivity index (χ1) is 6.88. The van der Waals surface area contributed by atoms with Gasteiger partial charge in [0.05, 0.1) is 11.4 Å². The second kappa shape index (κ2) is 2.80. The van der Waals surface area contributed by atoms with E-state index in [4.69, 9.17) is 0 Å². The van der Waals surface area contributed by atoms with Gasteiger partial charge in [0, 0.05) is 19.0 Å². The Hall–Kier alpha value is -1.39. The molecule has 1 aliphatic heterocycles. The van der Waals surface area contributed by atoms with Gasteiger partial charge in [-0.2, -0.15) is 0 Å². The number of amides is 1. The van der Waals surface area contributed by atoms with Crippen molar-refractivity contribution in [3.63, 3.8) is 0 Å². The van der Waals surface area contributed by atoms with Crippen LogP contribution < -0.4 is 0 Å². The van der Waals surface area contributed by atoms with Crippen LogP contribution in [0.2, 0.25) is 0 Å². The molecule has 0 spiro atoms. The van der Waals surface area contributed by atoms with Gasteiger partial charge in [0.15, 0.2) is 0 Å². The van der Waals surface area contributed by atoms with Crippen molar-refractivity contribution in [2.75, 3.05) is 13.1 Å². The topological polar surface area (TPSA) is 61.9 Å². The predicted octanol–water partition coefficient (Wildman–Crippen LogP) is -0.0773. The third kappa shape index (κ3) is 0.981. The fraction of sp³-hybridized carbons (Fsp3) is 0.667. The summed E-state index contributed by atoms with van der Waals surface area (Å²) in [4.78, 5) is 12.5. The van der Waals surface area contributed by atoms with Crippen LogP contribution in [0.3, 0.4) is 0 Å². The third-order valence-corrected chi connectivity index (χ3v) is 3.39. The van der Waals surface area contributed by atoms with Crippen LogP contribution in [0, 0.1) is 5.92 Å². The summed E-state index contributed by atoms with van der Waals surface area (Å²) >= 11 is 0. The van der Waals surface area contributed by atoms with E-state index in [1.54, 1.807) is 0 Å². The second-order valence-corrected chi connectivity index (χ2v) is 4.14. The lowest BCUT2D eigenvalue weighted by atomic mass is 9.82. The highest BCUT2D eigenvalue weighted by Gasteiger charge is 2.38. The average Bonchev–Trinajstić information content (AvgIpc) is 2.82. The molecule has 1 N–H and O–H groups in total. The molecule has 2 atom stereocenters. The summed E-state index contributed by atoms with van der Waals surface area (Å²) in [5.74, 6) is 1.05. The number of likely N-dealkylation sites (tertiary alicyclic amines) is 1. The first-order valence-electron chi connectivity index (χ1n) is 4.97. The third-order valence-electron chi connectivity index (χ3n) is 3.39. The van der Waals surface area contributed by atoms with Crippen molar-refractivity contribution in [3.05, 3.63) is 11.4 Å². The zero-order valence-corrected chi connectivity index (χ0v) is 7.81. The molecule has 1 aromatic heterocycles. The maximum atomic E-state index is 10.7. The monoisotopic (exact) mass is 192 g/mol. The maximum Gasteiger partial charge on any atom is 0.209 e. The molecule has 0 unspecified atom stereocenters. The summed E-state index contributed by atoms with van der Waals surface area (Å²) in [7, 11) is 0. The quantitative estimate of drug-likeness (QED) is 0.633. The molecule has 3 rings (SSSR count). The Kier molecular flexibility index (Phi) is 1.59. The van der Waals surface area contributed by atoms with E-state index in [-0.39, 0.29) is 0 Å². The highest BCUT2D eigenvalue weighted by molar-refractivity contribution is 5.48. The lowest BCUT2D eigenvalue weighted by Crippen LogP contribution is -2.18. The van der Waals surface area contributed by atoms with Crippen molar-refractivity contribution < 1.29 is 4.79 Å². The number of aromatic nitrogens is 3. The SMILES string of the molecule is O=CN1C[C@H]2CCc3nn[nH]c3[C@H]2C1. The number of hydrogen-bond acceptors (Lipinski definition) is 3. The minimum absolute atomic E-state index is 0.443. The summed E-state index contributed by atoms with van der Waals surface area (Å²) in [5.41, 5.74) is 2.25. The van der Waals surface area contributed by atoms with E-state index >= 15 is 0 Å². The number of aryl methyl sites for hydroxylation is 1. The lowest BCUT2D eigenvalue weighted by molar-refractivity contribution is -0.117. The predicted molar refractivity (Wildman–Crippen MR) is 48.6 cm³/mol. The number of rotatable bonds is 1. The normalized spacial score (nSPS) is 29.9. The van der Waals surface area contributed by atoms with Gasteiger partial charge < -0.3 is 4.90 Å². The summed E-state index contributed by atoms with van der Waals surface area (Å²) in [6.45, 7) is 1.72. The largest absolute Gasteiger partial charge is 0.344 e. The molecule has 2 aliphatic rings. The van der Waals surface area contributed by atoms with Crippen LogP contribution >= 0.6 is 0 Å². The molecule has 0 aromatic carbocycles. The van der Waals surface area contributed by atoms with Gasteiger partial charge in [-0.3, -0.25) is 9.89 Å². The van der Waals surface area contributed by atoms with Crippen molar-refractivity contribution in [2.45, 2.75) is 18.8 Å². The fourth-order valence-electron chi connectivity index (χ4n) is 2.67. The Balaban J connectivity index is 1.94.